The molecular formula is C13H13NO4. The summed E-state index contributed by atoms with van der Waals surface area (Å²) in [6, 6.07) is 7.45. The molecule has 2 rings (SSSR count). The van der Waals surface area contributed by atoms with E-state index in [2.05, 4.69) is 4.98 Å². The van der Waals surface area contributed by atoms with Crippen LogP contribution < -0.4 is 4.74 Å². The highest BCUT2D eigenvalue weighted by Crippen LogP contribution is 2.23. The molecule has 2 aromatic rings. The van der Waals surface area contributed by atoms with Crippen molar-refractivity contribution in [3.05, 3.63) is 41.8 Å². The van der Waals surface area contributed by atoms with Crippen molar-refractivity contribution in [3.63, 3.8) is 0 Å². The standard InChI is InChI=1S/C13H13NO4/c1-3-16-12(15)10-8-17-13(14-10)18-11-7-5-4-6-9(11)2/h4-8H,3H2,1-2H3. The number of benzene rings is 1. The van der Waals surface area contributed by atoms with Crippen molar-refractivity contribution in [2.75, 3.05) is 6.61 Å². The van der Waals surface area contributed by atoms with Gasteiger partial charge in [0.1, 0.15) is 12.0 Å². The smallest absolute Gasteiger partial charge is 0.399 e. The predicted octanol–water partition coefficient (Wildman–Crippen LogP) is 2.95. The highest BCUT2D eigenvalue weighted by atomic mass is 16.6. The molecule has 0 saturated heterocycles. The van der Waals surface area contributed by atoms with Crippen LogP contribution in [0.15, 0.2) is 34.9 Å². The molecule has 0 radical (unpaired) electrons. The minimum Gasteiger partial charge on any atom is -0.461 e. The highest BCUT2D eigenvalue weighted by Gasteiger charge is 2.14. The number of hydrogen-bond acceptors (Lipinski definition) is 5. The average molecular weight is 247 g/mol. The number of oxazole rings is 1. The molecule has 0 bridgehead atoms. The van der Waals surface area contributed by atoms with E-state index in [0.29, 0.717) is 12.4 Å². The SMILES string of the molecule is CCOC(=O)c1coc(Oc2ccccc2C)n1. The third-order valence-corrected chi connectivity index (χ3v) is 2.26. The van der Waals surface area contributed by atoms with Gasteiger partial charge >= 0.3 is 12.0 Å². The first kappa shape index (κ1) is 12.2. The second kappa shape index (κ2) is 5.35. The summed E-state index contributed by atoms with van der Waals surface area (Å²) in [6.45, 7) is 3.92. The Morgan fingerprint density at radius 3 is 2.89 bits per heavy atom. The number of rotatable bonds is 4. The maximum absolute atomic E-state index is 11.4. The number of para-hydroxylation sites is 1. The van der Waals surface area contributed by atoms with Gasteiger partial charge in [-0.05, 0) is 25.5 Å². The van der Waals surface area contributed by atoms with Crippen LogP contribution in [-0.2, 0) is 4.74 Å². The minimum atomic E-state index is -0.527. The molecule has 5 nitrogen and oxygen atoms in total. The molecular weight excluding hydrogens is 234 g/mol. The lowest BCUT2D eigenvalue weighted by Crippen LogP contribution is -2.04. The van der Waals surface area contributed by atoms with Gasteiger partial charge in [0.25, 0.3) is 0 Å². The van der Waals surface area contributed by atoms with Gasteiger partial charge in [-0.3, -0.25) is 0 Å². The Bertz CT molecular complexity index is 547. The largest absolute Gasteiger partial charge is 0.461 e. The number of carbonyl (C=O) groups is 1. The summed E-state index contributed by atoms with van der Waals surface area (Å²) in [6.07, 6.45) is 1.23. The molecule has 0 aliphatic heterocycles. The Hall–Kier alpha value is -2.30. The highest BCUT2D eigenvalue weighted by molar-refractivity contribution is 5.86. The second-order valence-electron chi connectivity index (χ2n) is 3.59. The fraction of sp³-hybridized carbons (Fsp3) is 0.231. The van der Waals surface area contributed by atoms with Crippen molar-refractivity contribution in [2.45, 2.75) is 13.8 Å². The Kier molecular flexibility index (Phi) is 3.62. The minimum absolute atomic E-state index is 0.0207. The van der Waals surface area contributed by atoms with Crippen molar-refractivity contribution >= 4 is 5.97 Å². The second-order valence-corrected chi connectivity index (χ2v) is 3.59. The van der Waals surface area contributed by atoms with Crippen molar-refractivity contribution in [1.82, 2.24) is 4.98 Å². The van der Waals surface area contributed by atoms with Gasteiger partial charge in [-0.2, -0.15) is 4.98 Å². The molecule has 5 heteroatoms. The zero-order valence-corrected chi connectivity index (χ0v) is 10.2. The van der Waals surface area contributed by atoms with Gasteiger partial charge in [0.05, 0.1) is 6.61 Å². The number of ether oxygens (including phenoxy) is 2. The van der Waals surface area contributed by atoms with Gasteiger partial charge < -0.3 is 13.9 Å². The lowest BCUT2D eigenvalue weighted by atomic mass is 10.2. The molecule has 0 unspecified atom stereocenters. The molecule has 0 atom stereocenters. The monoisotopic (exact) mass is 247 g/mol. The molecule has 0 amide bonds. The zero-order valence-electron chi connectivity index (χ0n) is 10.2. The van der Waals surface area contributed by atoms with Crippen LogP contribution in [0.3, 0.4) is 0 Å². The number of carbonyl (C=O) groups excluding carboxylic acids is 1. The lowest BCUT2D eigenvalue weighted by Gasteiger charge is -2.03. The number of esters is 1. The summed E-state index contributed by atoms with van der Waals surface area (Å²) in [7, 11) is 0. The molecule has 0 aliphatic carbocycles. The molecule has 1 aromatic carbocycles. The van der Waals surface area contributed by atoms with E-state index in [1.807, 2.05) is 25.1 Å². The van der Waals surface area contributed by atoms with Crippen molar-refractivity contribution < 1.29 is 18.7 Å². The van der Waals surface area contributed by atoms with Crippen molar-refractivity contribution in [2.24, 2.45) is 0 Å². The van der Waals surface area contributed by atoms with Crippen LogP contribution in [0.4, 0.5) is 0 Å². The number of nitrogens with zero attached hydrogens (tertiary/aromatic N) is 1. The fourth-order valence-corrected chi connectivity index (χ4v) is 1.37. The zero-order chi connectivity index (χ0) is 13.0. The van der Waals surface area contributed by atoms with Gasteiger partial charge in [0.15, 0.2) is 5.69 Å². The molecule has 18 heavy (non-hydrogen) atoms. The summed E-state index contributed by atoms with van der Waals surface area (Å²) < 4.78 is 15.3. The maximum Gasteiger partial charge on any atom is 0.399 e. The van der Waals surface area contributed by atoms with E-state index in [1.54, 1.807) is 13.0 Å². The van der Waals surface area contributed by atoms with E-state index in [4.69, 9.17) is 13.9 Å². The molecule has 0 aliphatic rings. The first-order valence-corrected chi connectivity index (χ1v) is 5.57. The summed E-state index contributed by atoms with van der Waals surface area (Å²) in [5, 5.41) is 0. The first-order chi connectivity index (χ1) is 8.70. The number of aromatic nitrogens is 1. The number of hydrogen-bond donors (Lipinski definition) is 0. The Balaban J connectivity index is 2.12. The van der Waals surface area contributed by atoms with Crippen molar-refractivity contribution in [1.29, 1.82) is 0 Å². The summed E-state index contributed by atoms with van der Waals surface area (Å²) in [4.78, 5) is 15.3. The van der Waals surface area contributed by atoms with Crippen LogP contribution in [-0.4, -0.2) is 17.6 Å². The Morgan fingerprint density at radius 2 is 2.17 bits per heavy atom. The molecule has 0 saturated carbocycles. The van der Waals surface area contributed by atoms with Gasteiger partial charge in [0, 0.05) is 0 Å². The van der Waals surface area contributed by atoms with E-state index < -0.39 is 5.97 Å². The van der Waals surface area contributed by atoms with E-state index in [-0.39, 0.29) is 11.8 Å². The molecule has 1 aromatic heterocycles. The Morgan fingerprint density at radius 1 is 1.39 bits per heavy atom. The Labute approximate surface area is 104 Å². The summed E-state index contributed by atoms with van der Waals surface area (Å²) >= 11 is 0. The topological polar surface area (TPSA) is 61.6 Å². The quantitative estimate of drug-likeness (QED) is 0.777. The average Bonchev–Trinajstić information content (AvgIpc) is 2.81. The predicted molar refractivity (Wildman–Crippen MR) is 63.7 cm³/mol. The molecule has 0 N–H and O–H groups in total. The van der Waals surface area contributed by atoms with E-state index >= 15 is 0 Å². The van der Waals surface area contributed by atoms with Gasteiger partial charge in [-0.25, -0.2) is 4.79 Å². The lowest BCUT2D eigenvalue weighted by molar-refractivity contribution is 0.0519. The van der Waals surface area contributed by atoms with Crippen LogP contribution in [0.2, 0.25) is 0 Å². The molecule has 94 valence electrons. The molecule has 0 fully saturated rings. The van der Waals surface area contributed by atoms with Crippen LogP contribution in [0, 0.1) is 6.92 Å². The van der Waals surface area contributed by atoms with Crippen molar-refractivity contribution in [3.8, 4) is 11.8 Å². The number of aryl methyl sites for hydroxylation is 1. The van der Waals surface area contributed by atoms with E-state index in [9.17, 15) is 4.79 Å². The van der Waals surface area contributed by atoms with Gasteiger partial charge in [-0.1, -0.05) is 18.2 Å². The fourth-order valence-electron chi connectivity index (χ4n) is 1.37. The van der Waals surface area contributed by atoms with Crippen LogP contribution in [0.25, 0.3) is 0 Å². The van der Waals surface area contributed by atoms with Crippen LogP contribution in [0.1, 0.15) is 23.0 Å². The third-order valence-electron chi connectivity index (χ3n) is 2.26. The normalized spacial score (nSPS) is 10.1. The van der Waals surface area contributed by atoms with Crippen LogP contribution >= 0.6 is 0 Å². The maximum atomic E-state index is 11.4. The van der Waals surface area contributed by atoms with E-state index in [0.717, 1.165) is 5.56 Å². The molecule has 0 spiro atoms. The summed E-state index contributed by atoms with van der Waals surface area (Å²) in [5.41, 5.74) is 1.05. The third kappa shape index (κ3) is 2.68. The van der Waals surface area contributed by atoms with E-state index in [1.165, 1.54) is 6.26 Å². The summed E-state index contributed by atoms with van der Waals surface area (Å²) in [5.74, 6) is 0.107. The van der Waals surface area contributed by atoms with Gasteiger partial charge in [0.2, 0.25) is 0 Å². The first-order valence-electron chi connectivity index (χ1n) is 5.57. The van der Waals surface area contributed by atoms with Crippen LogP contribution in [0.5, 0.6) is 11.8 Å². The molecule has 1 heterocycles. The van der Waals surface area contributed by atoms with Gasteiger partial charge in [-0.15, -0.1) is 0 Å².